The molecule has 30 heavy (non-hydrogen) atoms. The van der Waals surface area contributed by atoms with Crippen molar-refractivity contribution in [1.29, 1.82) is 0 Å². The van der Waals surface area contributed by atoms with E-state index >= 15 is 0 Å². The zero-order valence-corrected chi connectivity index (χ0v) is 17.5. The molecule has 0 atom stereocenters. The molecule has 2 aromatic heterocycles. The number of benzene rings is 3. The molecule has 0 aliphatic heterocycles. The lowest BCUT2D eigenvalue weighted by Gasteiger charge is -2.04. The molecule has 4 nitrogen and oxygen atoms in total. The second-order valence-electron chi connectivity index (χ2n) is 7.34. The second kappa shape index (κ2) is 6.36. The van der Waals surface area contributed by atoms with Crippen LogP contribution >= 0.6 is 22.9 Å². The fraction of sp³-hybridized carbons (Fsp3) is 0.0417. The summed E-state index contributed by atoms with van der Waals surface area (Å²) in [6.45, 7) is 2.04. The Morgan fingerprint density at radius 2 is 1.80 bits per heavy atom. The van der Waals surface area contributed by atoms with Crippen molar-refractivity contribution in [2.45, 2.75) is 6.92 Å². The highest BCUT2D eigenvalue weighted by Crippen LogP contribution is 2.43. The molecular formula is C24H14ClN3OS. The van der Waals surface area contributed by atoms with Gasteiger partial charge in [0.2, 0.25) is 5.13 Å². The Hall–Kier alpha value is -3.28. The molecule has 0 saturated carbocycles. The van der Waals surface area contributed by atoms with Crippen molar-refractivity contribution in [1.82, 2.24) is 14.8 Å². The number of halogens is 1. The highest BCUT2D eigenvalue weighted by molar-refractivity contribution is 7.20. The number of fused-ring (bicyclic) bond motifs is 4. The maximum atomic E-state index is 13.3. The standard InChI is InChI=1S/C24H14ClN3OS/c1-13-5-4-6-14(11-13)21-20-22(16-7-2-3-8-17(16)23(20)29)28(27-21)24-26-18-10-9-15(25)12-19(18)30-24/h2-12H,1H3. The number of hydrogen-bond donors (Lipinski definition) is 0. The van der Waals surface area contributed by atoms with Gasteiger partial charge in [0.25, 0.3) is 0 Å². The second-order valence-corrected chi connectivity index (χ2v) is 8.78. The number of rotatable bonds is 2. The Morgan fingerprint density at radius 3 is 2.63 bits per heavy atom. The summed E-state index contributed by atoms with van der Waals surface area (Å²) in [5, 5.41) is 6.28. The molecule has 0 amide bonds. The molecule has 0 spiro atoms. The lowest BCUT2D eigenvalue weighted by molar-refractivity contribution is 0.104. The maximum absolute atomic E-state index is 13.3. The van der Waals surface area contributed by atoms with Crippen molar-refractivity contribution in [3.05, 3.63) is 88.4 Å². The third kappa shape index (κ3) is 2.49. The van der Waals surface area contributed by atoms with E-state index in [4.69, 9.17) is 21.7 Å². The van der Waals surface area contributed by atoms with Gasteiger partial charge in [-0.05, 0) is 31.2 Å². The molecule has 6 rings (SSSR count). The summed E-state index contributed by atoms with van der Waals surface area (Å²) in [5.74, 6) is 0.00696. The van der Waals surface area contributed by atoms with Gasteiger partial charge in [0.1, 0.15) is 5.69 Å². The van der Waals surface area contributed by atoms with Crippen molar-refractivity contribution in [3.63, 3.8) is 0 Å². The van der Waals surface area contributed by atoms with E-state index in [1.807, 2.05) is 72.3 Å². The van der Waals surface area contributed by atoms with Gasteiger partial charge in [-0.15, -0.1) is 0 Å². The fourth-order valence-electron chi connectivity index (χ4n) is 4.01. The molecule has 2 heterocycles. The Balaban J connectivity index is 1.67. The quantitative estimate of drug-likeness (QED) is 0.324. The van der Waals surface area contributed by atoms with E-state index < -0.39 is 0 Å². The van der Waals surface area contributed by atoms with Gasteiger partial charge in [-0.1, -0.05) is 71.0 Å². The van der Waals surface area contributed by atoms with Crippen molar-refractivity contribution < 1.29 is 4.79 Å². The van der Waals surface area contributed by atoms with Crippen molar-refractivity contribution in [2.75, 3.05) is 0 Å². The summed E-state index contributed by atoms with van der Waals surface area (Å²) in [6.07, 6.45) is 0. The lowest BCUT2D eigenvalue weighted by atomic mass is 10.0. The van der Waals surface area contributed by atoms with Crippen LogP contribution in [0.3, 0.4) is 0 Å². The van der Waals surface area contributed by atoms with Crippen LogP contribution in [0, 0.1) is 6.92 Å². The van der Waals surface area contributed by atoms with Crippen molar-refractivity contribution in [2.24, 2.45) is 0 Å². The normalized spacial score (nSPS) is 12.4. The van der Waals surface area contributed by atoms with Crippen LogP contribution in [0.4, 0.5) is 0 Å². The van der Waals surface area contributed by atoms with E-state index in [0.29, 0.717) is 27.0 Å². The molecule has 0 radical (unpaired) electrons. The first kappa shape index (κ1) is 17.6. The SMILES string of the molecule is Cc1cccc(-c2nn(-c3nc4ccc(Cl)cc4s3)c3c2C(=O)c2ccccc2-3)c1. The van der Waals surface area contributed by atoms with Crippen LogP contribution in [0.15, 0.2) is 66.7 Å². The molecule has 5 aromatic rings. The van der Waals surface area contributed by atoms with Crippen LogP contribution in [-0.4, -0.2) is 20.5 Å². The average molecular weight is 428 g/mol. The van der Waals surface area contributed by atoms with Gasteiger partial charge in [0.15, 0.2) is 5.78 Å². The molecule has 1 aliphatic carbocycles. The van der Waals surface area contributed by atoms with Crippen LogP contribution in [0.1, 0.15) is 21.5 Å². The first-order valence-corrected chi connectivity index (χ1v) is 10.7. The molecule has 1 aliphatic rings. The molecule has 0 N–H and O–H groups in total. The highest BCUT2D eigenvalue weighted by Gasteiger charge is 2.35. The minimum absolute atomic E-state index is 0.00696. The van der Waals surface area contributed by atoms with Crippen molar-refractivity contribution in [3.8, 4) is 27.6 Å². The minimum atomic E-state index is 0.00696. The van der Waals surface area contributed by atoms with E-state index in [0.717, 1.165) is 32.6 Å². The number of carbonyl (C=O) groups excluding carboxylic acids is 1. The smallest absolute Gasteiger partial charge is 0.212 e. The summed E-state index contributed by atoms with van der Waals surface area (Å²) in [6, 6.07) is 21.4. The van der Waals surface area contributed by atoms with E-state index in [9.17, 15) is 4.79 Å². The van der Waals surface area contributed by atoms with Crippen molar-refractivity contribution >= 4 is 38.9 Å². The van der Waals surface area contributed by atoms with Gasteiger partial charge >= 0.3 is 0 Å². The molecule has 6 heteroatoms. The number of nitrogens with zero attached hydrogens (tertiary/aromatic N) is 3. The Labute approximate surface area is 181 Å². The summed E-state index contributed by atoms with van der Waals surface area (Å²) in [5.41, 5.74) is 6.63. The van der Waals surface area contributed by atoms with Crippen LogP contribution in [0.5, 0.6) is 0 Å². The fourth-order valence-corrected chi connectivity index (χ4v) is 5.21. The number of ketones is 1. The van der Waals surface area contributed by atoms with E-state index in [1.165, 1.54) is 11.3 Å². The van der Waals surface area contributed by atoms with Gasteiger partial charge < -0.3 is 0 Å². The zero-order valence-electron chi connectivity index (χ0n) is 15.9. The summed E-state index contributed by atoms with van der Waals surface area (Å²) < 4.78 is 2.80. The average Bonchev–Trinajstić information content (AvgIpc) is 3.41. The van der Waals surface area contributed by atoms with Gasteiger partial charge in [0.05, 0.1) is 21.5 Å². The number of aryl methyl sites for hydroxylation is 1. The van der Waals surface area contributed by atoms with E-state index in [1.54, 1.807) is 0 Å². The van der Waals surface area contributed by atoms with Gasteiger partial charge in [-0.25, -0.2) is 9.67 Å². The summed E-state index contributed by atoms with van der Waals surface area (Å²) >= 11 is 7.68. The Morgan fingerprint density at radius 1 is 0.967 bits per heavy atom. The van der Waals surface area contributed by atoms with Gasteiger partial charge in [0, 0.05) is 21.7 Å². The molecule has 0 saturated heterocycles. The maximum Gasteiger partial charge on any atom is 0.212 e. The predicted octanol–water partition coefficient (Wildman–Crippen LogP) is 6.32. The van der Waals surface area contributed by atoms with E-state index in [2.05, 4.69) is 6.07 Å². The third-order valence-corrected chi connectivity index (χ3v) is 6.58. The Kier molecular flexibility index (Phi) is 3.72. The first-order chi connectivity index (χ1) is 14.6. The summed E-state index contributed by atoms with van der Waals surface area (Å²) in [4.78, 5) is 18.1. The monoisotopic (exact) mass is 427 g/mol. The molecule has 3 aromatic carbocycles. The molecule has 0 bridgehead atoms. The van der Waals surface area contributed by atoms with Gasteiger partial charge in [-0.3, -0.25) is 4.79 Å². The number of thiazole rings is 1. The third-order valence-electron chi connectivity index (χ3n) is 5.35. The minimum Gasteiger partial charge on any atom is -0.288 e. The van der Waals surface area contributed by atoms with E-state index in [-0.39, 0.29) is 5.78 Å². The predicted molar refractivity (Wildman–Crippen MR) is 121 cm³/mol. The first-order valence-electron chi connectivity index (χ1n) is 9.51. The number of aromatic nitrogens is 3. The molecular weight excluding hydrogens is 414 g/mol. The Bertz CT molecular complexity index is 1500. The molecule has 0 unspecified atom stereocenters. The van der Waals surface area contributed by atoms with Crippen LogP contribution < -0.4 is 0 Å². The molecule has 0 fully saturated rings. The molecule has 144 valence electrons. The lowest BCUT2D eigenvalue weighted by Crippen LogP contribution is -2.00. The zero-order chi connectivity index (χ0) is 20.4. The van der Waals surface area contributed by atoms with Crippen LogP contribution in [-0.2, 0) is 0 Å². The highest BCUT2D eigenvalue weighted by atomic mass is 35.5. The van der Waals surface area contributed by atoms with Crippen LogP contribution in [0.25, 0.3) is 37.9 Å². The van der Waals surface area contributed by atoms with Crippen LogP contribution in [0.2, 0.25) is 5.02 Å². The van der Waals surface area contributed by atoms with Gasteiger partial charge in [-0.2, -0.15) is 5.10 Å². The largest absolute Gasteiger partial charge is 0.288 e. The summed E-state index contributed by atoms with van der Waals surface area (Å²) in [7, 11) is 0. The number of carbonyl (C=O) groups is 1. The topological polar surface area (TPSA) is 47.8 Å². The number of hydrogen-bond acceptors (Lipinski definition) is 4.